The Labute approximate surface area is 151 Å². The Morgan fingerprint density at radius 3 is 2.75 bits per heavy atom. The van der Waals surface area contributed by atoms with Crippen LogP contribution in [-0.4, -0.2) is 17.0 Å². The van der Waals surface area contributed by atoms with E-state index >= 15 is 0 Å². The van der Waals surface area contributed by atoms with Crippen molar-refractivity contribution in [2.24, 2.45) is 10.7 Å². The predicted octanol–water partition coefficient (Wildman–Crippen LogP) is 3.44. The lowest BCUT2D eigenvalue weighted by Crippen LogP contribution is -2.19. The lowest BCUT2D eigenvalue weighted by Gasteiger charge is -2.01. The number of carbonyl (C=O) groups excluding carboxylic acids is 2. The van der Waals surface area contributed by atoms with E-state index in [4.69, 9.17) is 5.73 Å². The topological polar surface area (TPSA) is 84.6 Å². The lowest BCUT2D eigenvalue weighted by molar-refractivity contribution is -0.115. The van der Waals surface area contributed by atoms with Gasteiger partial charge in [-0.05, 0) is 47.7 Å². The summed E-state index contributed by atoms with van der Waals surface area (Å²) in [5.74, 6) is -0.788. The molecule has 24 heavy (non-hydrogen) atoms. The summed E-state index contributed by atoms with van der Waals surface area (Å²) in [5.41, 5.74) is 6.98. The fourth-order valence-corrected chi connectivity index (χ4v) is 3.37. The number of primary amides is 1. The summed E-state index contributed by atoms with van der Waals surface area (Å²) in [6.45, 7) is 0. The van der Waals surface area contributed by atoms with Crippen LogP contribution in [0.5, 0.6) is 0 Å². The first-order valence-corrected chi connectivity index (χ1v) is 8.58. The van der Waals surface area contributed by atoms with Crippen molar-refractivity contribution < 1.29 is 9.59 Å². The molecule has 120 valence electrons. The Hall–Kier alpha value is -2.38. The number of hydrogen-bond acceptors (Lipinski definition) is 4. The molecule has 0 spiro atoms. The van der Waals surface area contributed by atoms with Crippen molar-refractivity contribution in [2.45, 2.75) is 0 Å². The van der Waals surface area contributed by atoms with Crippen LogP contribution in [0.15, 0.2) is 62.9 Å². The van der Waals surface area contributed by atoms with Crippen molar-refractivity contribution in [2.75, 3.05) is 0 Å². The average Bonchev–Trinajstić information content (AvgIpc) is 2.87. The molecule has 0 bridgehead atoms. The van der Waals surface area contributed by atoms with E-state index in [1.807, 2.05) is 24.3 Å². The van der Waals surface area contributed by atoms with Crippen LogP contribution in [-0.2, 0) is 4.79 Å². The number of nitrogens with zero attached hydrogens (tertiary/aromatic N) is 1. The summed E-state index contributed by atoms with van der Waals surface area (Å²) < 4.78 is 0.935. The number of carbonyl (C=O) groups is 2. The highest BCUT2D eigenvalue weighted by atomic mass is 79.9. The molecule has 0 aliphatic carbocycles. The third-order valence-corrected chi connectivity index (χ3v) is 4.59. The summed E-state index contributed by atoms with van der Waals surface area (Å²) in [6.07, 6.45) is 1.78. The van der Waals surface area contributed by atoms with Gasteiger partial charge in [0.2, 0.25) is 0 Å². The number of nitrogens with one attached hydrogen (secondary N) is 1. The van der Waals surface area contributed by atoms with Gasteiger partial charge in [0.25, 0.3) is 11.8 Å². The van der Waals surface area contributed by atoms with E-state index in [-0.39, 0.29) is 5.91 Å². The molecule has 0 unspecified atom stereocenters. The molecular formula is C17H12BrN3O2S. The van der Waals surface area contributed by atoms with E-state index in [1.54, 1.807) is 30.3 Å². The van der Waals surface area contributed by atoms with Crippen molar-refractivity contribution in [3.05, 3.63) is 69.0 Å². The Balaban J connectivity index is 1.89. The van der Waals surface area contributed by atoms with Crippen molar-refractivity contribution in [1.82, 2.24) is 5.32 Å². The van der Waals surface area contributed by atoms with Gasteiger partial charge in [0.05, 0.1) is 16.2 Å². The van der Waals surface area contributed by atoms with Gasteiger partial charge in [-0.2, -0.15) is 0 Å². The molecule has 0 radical (unpaired) electrons. The summed E-state index contributed by atoms with van der Waals surface area (Å²) in [6, 6.07) is 14.4. The Morgan fingerprint density at radius 1 is 1.21 bits per heavy atom. The van der Waals surface area contributed by atoms with Crippen molar-refractivity contribution in [1.29, 1.82) is 0 Å². The molecule has 1 heterocycles. The quantitative estimate of drug-likeness (QED) is 0.772. The maximum absolute atomic E-state index is 12.1. The van der Waals surface area contributed by atoms with Crippen LogP contribution in [0.4, 0.5) is 5.69 Å². The first kappa shape index (κ1) is 16.5. The van der Waals surface area contributed by atoms with E-state index in [0.29, 0.717) is 21.3 Å². The van der Waals surface area contributed by atoms with Crippen LogP contribution in [0, 0.1) is 0 Å². The Bertz CT molecular complexity index is 893. The van der Waals surface area contributed by atoms with Gasteiger partial charge in [-0.1, -0.05) is 40.2 Å². The van der Waals surface area contributed by atoms with Crippen molar-refractivity contribution in [3.63, 3.8) is 0 Å². The van der Waals surface area contributed by atoms with E-state index in [2.05, 4.69) is 26.2 Å². The standard InChI is InChI=1S/C17H12BrN3O2S/c18-11-5-3-4-10(8-11)9-14-16(23)21-17(24-14)20-13-7-2-1-6-12(13)15(19)22/h1-9H,(H2,19,22)(H,20,21,23)/b14-9-. The van der Waals surface area contributed by atoms with E-state index < -0.39 is 5.91 Å². The van der Waals surface area contributed by atoms with E-state index in [1.165, 1.54) is 11.8 Å². The molecule has 0 atom stereocenters. The van der Waals surface area contributed by atoms with Crippen LogP contribution in [0.1, 0.15) is 15.9 Å². The number of amidine groups is 1. The zero-order chi connectivity index (χ0) is 17.1. The summed E-state index contributed by atoms with van der Waals surface area (Å²) in [5, 5.41) is 3.11. The SMILES string of the molecule is NC(=O)c1ccccc1N=C1NC(=O)/C(=C/c2cccc(Br)c2)S1. The van der Waals surface area contributed by atoms with Crippen LogP contribution >= 0.6 is 27.7 Å². The Kier molecular flexibility index (Phi) is 4.82. The number of rotatable bonds is 3. The second kappa shape index (κ2) is 7.02. The highest BCUT2D eigenvalue weighted by molar-refractivity contribution is 9.10. The van der Waals surface area contributed by atoms with Gasteiger partial charge in [0.1, 0.15) is 0 Å². The molecule has 3 N–H and O–H groups in total. The molecular weight excluding hydrogens is 390 g/mol. The van der Waals surface area contributed by atoms with Gasteiger partial charge in [-0.15, -0.1) is 0 Å². The number of thioether (sulfide) groups is 1. The minimum absolute atomic E-state index is 0.227. The van der Waals surface area contributed by atoms with Crippen LogP contribution in [0.25, 0.3) is 6.08 Å². The number of hydrogen-bond donors (Lipinski definition) is 2. The van der Waals surface area contributed by atoms with Crippen LogP contribution in [0.3, 0.4) is 0 Å². The van der Waals surface area contributed by atoms with Gasteiger partial charge in [-0.3, -0.25) is 9.59 Å². The molecule has 0 saturated carbocycles. The minimum Gasteiger partial charge on any atom is -0.366 e. The number of nitrogens with two attached hydrogens (primary N) is 1. The molecule has 3 rings (SSSR count). The van der Waals surface area contributed by atoms with Crippen LogP contribution in [0.2, 0.25) is 0 Å². The second-order valence-electron chi connectivity index (χ2n) is 4.92. The molecule has 1 fully saturated rings. The molecule has 1 saturated heterocycles. The normalized spacial score (nSPS) is 17.3. The van der Waals surface area contributed by atoms with Crippen molar-refractivity contribution in [3.8, 4) is 0 Å². The smallest absolute Gasteiger partial charge is 0.264 e. The monoisotopic (exact) mass is 401 g/mol. The highest BCUT2D eigenvalue weighted by Gasteiger charge is 2.24. The lowest BCUT2D eigenvalue weighted by atomic mass is 10.2. The van der Waals surface area contributed by atoms with Crippen LogP contribution < -0.4 is 11.1 Å². The second-order valence-corrected chi connectivity index (χ2v) is 6.86. The summed E-state index contributed by atoms with van der Waals surface area (Å²) in [7, 11) is 0. The molecule has 1 aliphatic rings. The zero-order valence-electron chi connectivity index (χ0n) is 12.3. The number of amides is 2. The van der Waals surface area contributed by atoms with Gasteiger partial charge < -0.3 is 11.1 Å². The molecule has 7 heteroatoms. The fourth-order valence-electron chi connectivity index (χ4n) is 2.12. The maximum Gasteiger partial charge on any atom is 0.264 e. The number of benzene rings is 2. The van der Waals surface area contributed by atoms with Gasteiger partial charge in [-0.25, -0.2) is 4.99 Å². The summed E-state index contributed by atoms with van der Waals surface area (Å²) >= 11 is 4.62. The number of halogens is 1. The number of aliphatic imine (C=N–C) groups is 1. The largest absolute Gasteiger partial charge is 0.366 e. The average molecular weight is 402 g/mol. The summed E-state index contributed by atoms with van der Waals surface area (Å²) in [4.78, 5) is 28.4. The molecule has 1 aliphatic heterocycles. The maximum atomic E-state index is 12.1. The van der Waals surface area contributed by atoms with E-state index in [9.17, 15) is 9.59 Å². The van der Waals surface area contributed by atoms with Gasteiger partial charge in [0.15, 0.2) is 5.17 Å². The zero-order valence-corrected chi connectivity index (χ0v) is 14.7. The van der Waals surface area contributed by atoms with Crippen molar-refractivity contribution >= 4 is 56.4 Å². The first-order valence-electron chi connectivity index (χ1n) is 6.97. The Morgan fingerprint density at radius 2 is 2.00 bits per heavy atom. The molecule has 2 aromatic rings. The van der Waals surface area contributed by atoms with Gasteiger partial charge >= 0.3 is 0 Å². The first-order chi connectivity index (χ1) is 11.5. The molecule has 0 aromatic heterocycles. The van der Waals surface area contributed by atoms with E-state index in [0.717, 1.165) is 10.0 Å². The van der Waals surface area contributed by atoms with Gasteiger partial charge in [0, 0.05) is 4.47 Å². The minimum atomic E-state index is -0.561. The fraction of sp³-hybridized carbons (Fsp3) is 0. The predicted molar refractivity (Wildman–Crippen MR) is 99.9 cm³/mol. The third-order valence-electron chi connectivity index (χ3n) is 3.19. The third kappa shape index (κ3) is 3.74. The number of para-hydroxylation sites is 1. The molecule has 5 nitrogen and oxygen atoms in total. The highest BCUT2D eigenvalue weighted by Crippen LogP contribution is 2.29. The molecule has 2 aromatic carbocycles. The molecule has 2 amide bonds.